The second-order valence-electron chi connectivity index (χ2n) is 13.4. The average Bonchev–Trinajstić information content (AvgIpc) is 3.47. The molecule has 253 valence electrons. The Hall–Kier alpha value is -3.86. The monoisotopic (exact) mass is 820 g/mol. The SMILES string of the molecule is CC(C)c1c[c-]c(-c2ncnc3oc4cc5ccccc5cc4c23)c2ccccc12.CCC(C)(CC)C(=O)/C=C(\O)C(C)(CC)CC.[Ir]. The number of hydrogen-bond donors (Lipinski definition) is 1. The van der Waals surface area contributed by atoms with Gasteiger partial charge in [-0.05, 0) is 48.6 Å². The Morgan fingerprint density at radius 2 is 1.44 bits per heavy atom. The van der Waals surface area contributed by atoms with Crippen LogP contribution in [0.5, 0.6) is 0 Å². The van der Waals surface area contributed by atoms with Crippen LogP contribution < -0.4 is 0 Å². The molecule has 0 saturated heterocycles. The zero-order chi connectivity index (χ0) is 33.9. The van der Waals surface area contributed by atoms with E-state index in [1.165, 1.54) is 22.4 Å². The third-order valence-corrected chi connectivity index (χ3v) is 10.5. The van der Waals surface area contributed by atoms with Gasteiger partial charge in [0.2, 0.25) is 5.71 Å². The van der Waals surface area contributed by atoms with E-state index in [9.17, 15) is 9.90 Å². The van der Waals surface area contributed by atoms with Crippen LogP contribution in [-0.2, 0) is 24.9 Å². The first-order chi connectivity index (χ1) is 22.5. The quantitative estimate of drug-likeness (QED) is 0.0893. The van der Waals surface area contributed by atoms with Crippen molar-refractivity contribution in [3.63, 3.8) is 0 Å². The van der Waals surface area contributed by atoms with E-state index < -0.39 is 0 Å². The number of ketones is 1. The fourth-order valence-electron chi connectivity index (χ4n) is 6.10. The van der Waals surface area contributed by atoms with Crippen LogP contribution in [0.1, 0.15) is 92.6 Å². The number of furan rings is 1. The normalized spacial score (nSPS) is 12.4. The van der Waals surface area contributed by atoms with Crippen molar-refractivity contribution in [1.82, 2.24) is 9.97 Å². The molecule has 0 aliphatic rings. The molecular weight excluding hydrogens is 773 g/mol. The number of benzene rings is 4. The van der Waals surface area contributed by atoms with Crippen LogP contribution in [0.4, 0.5) is 0 Å². The number of rotatable bonds is 9. The molecule has 0 saturated carbocycles. The molecule has 0 unspecified atom stereocenters. The van der Waals surface area contributed by atoms with Crippen LogP contribution in [0.2, 0.25) is 0 Å². The minimum absolute atomic E-state index is 0. The zero-order valence-electron chi connectivity index (χ0n) is 29.4. The van der Waals surface area contributed by atoms with Crippen molar-refractivity contribution in [2.45, 2.75) is 87.0 Å². The summed E-state index contributed by atoms with van der Waals surface area (Å²) in [5, 5.41) is 16.8. The van der Waals surface area contributed by atoms with Gasteiger partial charge in [0.15, 0.2) is 5.78 Å². The number of aliphatic hydroxyl groups is 1. The van der Waals surface area contributed by atoms with Crippen LogP contribution in [0.25, 0.3) is 54.9 Å². The van der Waals surface area contributed by atoms with Gasteiger partial charge in [-0.25, -0.2) is 4.98 Å². The van der Waals surface area contributed by atoms with Crippen molar-refractivity contribution in [2.24, 2.45) is 10.8 Å². The van der Waals surface area contributed by atoms with Gasteiger partial charge in [0, 0.05) is 53.5 Å². The topological polar surface area (TPSA) is 76.2 Å². The predicted molar refractivity (Wildman–Crippen MR) is 196 cm³/mol. The molecule has 0 aliphatic carbocycles. The van der Waals surface area contributed by atoms with E-state index in [0.29, 0.717) is 11.6 Å². The molecule has 0 aliphatic heterocycles. The Bertz CT molecular complexity index is 2080. The maximum absolute atomic E-state index is 12.2. The summed E-state index contributed by atoms with van der Waals surface area (Å²) in [5.74, 6) is 0.709. The second kappa shape index (κ2) is 15.1. The van der Waals surface area contributed by atoms with E-state index in [0.717, 1.165) is 64.1 Å². The van der Waals surface area contributed by atoms with E-state index in [2.05, 4.69) is 85.6 Å². The molecule has 2 heterocycles. The smallest absolute Gasteiger partial charge is 0.221 e. The summed E-state index contributed by atoms with van der Waals surface area (Å²) in [4.78, 5) is 21.3. The summed E-state index contributed by atoms with van der Waals surface area (Å²) in [6, 6.07) is 26.7. The van der Waals surface area contributed by atoms with E-state index in [4.69, 9.17) is 9.40 Å². The third-order valence-electron chi connectivity index (χ3n) is 10.5. The predicted octanol–water partition coefficient (Wildman–Crippen LogP) is 11.9. The van der Waals surface area contributed by atoms with Crippen LogP contribution in [0.15, 0.2) is 89.3 Å². The van der Waals surface area contributed by atoms with Crippen molar-refractivity contribution in [2.75, 3.05) is 0 Å². The molecule has 6 rings (SSSR count). The number of fused-ring (bicyclic) bond motifs is 5. The maximum Gasteiger partial charge on any atom is 0.221 e. The number of hydrogen-bond acceptors (Lipinski definition) is 5. The molecule has 1 N–H and O–H groups in total. The Morgan fingerprint density at radius 3 is 2.04 bits per heavy atom. The van der Waals surface area contributed by atoms with E-state index in [1.54, 1.807) is 6.33 Å². The summed E-state index contributed by atoms with van der Waals surface area (Å²) < 4.78 is 6.13. The van der Waals surface area contributed by atoms with E-state index in [-0.39, 0.29) is 42.5 Å². The van der Waals surface area contributed by atoms with Gasteiger partial charge in [-0.3, -0.25) is 9.78 Å². The molecule has 5 nitrogen and oxygen atoms in total. The van der Waals surface area contributed by atoms with Gasteiger partial charge < -0.3 is 9.52 Å². The number of aromatic nitrogens is 2. The summed E-state index contributed by atoms with van der Waals surface area (Å²) in [7, 11) is 0. The Labute approximate surface area is 298 Å². The number of nitrogens with zero attached hydrogens (tertiary/aromatic N) is 2. The van der Waals surface area contributed by atoms with Crippen LogP contribution in [-0.4, -0.2) is 20.9 Å². The summed E-state index contributed by atoms with van der Waals surface area (Å²) in [6.07, 6.45) is 6.34. The van der Waals surface area contributed by atoms with Gasteiger partial charge in [0.1, 0.15) is 17.7 Å². The molecule has 2 aromatic heterocycles. The fraction of sp³-hybridized carbons (Fsp3) is 0.357. The van der Waals surface area contributed by atoms with Gasteiger partial charge in [0.05, 0.1) is 0 Å². The standard InChI is InChI=1S/C27H19N2O.C15H28O2.Ir/c1-16(2)19-11-12-22(21-10-6-5-9-20(19)21)26-25-23-13-17-7-3-4-8-18(17)14-24(23)30-27(25)29-15-28-26;1-7-14(5,8-2)12(16)11-13(17)15(6,9-3)10-4;/h3-11,13-16H,1-2H3;11,16H,7-10H2,1-6H3;/q-1;;/b;12-11-;. The first-order valence-corrected chi connectivity index (χ1v) is 16.9. The zero-order valence-corrected chi connectivity index (χ0v) is 31.8. The Morgan fingerprint density at radius 1 is 0.854 bits per heavy atom. The molecule has 0 spiro atoms. The molecule has 4 aromatic carbocycles. The molecule has 0 bridgehead atoms. The average molecular weight is 820 g/mol. The van der Waals surface area contributed by atoms with E-state index in [1.807, 2.05) is 47.6 Å². The summed E-state index contributed by atoms with van der Waals surface area (Å²) in [6.45, 7) is 16.5. The molecular formula is C42H47IrN2O3-. The summed E-state index contributed by atoms with van der Waals surface area (Å²) >= 11 is 0. The van der Waals surface area contributed by atoms with Gasteiger partial charge in [-0.15, -0.1) is 23.3 Å². The third kappa shape index (κ3) is 6.97. The molecule has 0 amide bonds. The van der Waals surface area contributed by atoms with Crippen molar-refractivity contribution in [3.05, 3.63) is 96.5 Å². The fourth-order valence-corrected chi connectivity index (χ4v) is 6.10. The largest absolute Gasteiger partial charge is 0.512 e. The maximum atomic E-state index is 12.2. The Balaban J connectivity index is 0.000000251. The van der Waals surface area contributed by atoms with Crippen LogP contribution >= 0.6 is 0 Å². The van der Waals surface area contributed by atoms with Crippen molar-refractivity contribution >= 4 is 49.4 Å². The first kappa shape index (κ1) is 37.0. The number of carbonyl (C=O) groups excluding carboxylic acids is 1. The Kier molecular flexibility index (Phi) is 11.7. The minimum atomic E-state index is -0.337. The van der Waals surface area contributed by atoms with Crippen molar-refractivity contribution in [1.29, 1.82) is 0 Å². The number of aliphatic hydroxyl groups excluding tert-OH is 1. The van der Waals surface area contributed by atoms with Gasteiger partial charge >= 0.3 is 0 Å². The second-order valence-corrected chi connectivity index (χ2v) is 13.4. The van der Waals surface area contributed by atoms with Crippen molar-refractivity contribution < 1.29 is 34.4 Å². The first-order valence-electron chi connectivity index (χ1n) is 16.9. The molecule has 48 heavy (non-hydrogen) atoms. The number of allylic oxidation sites excluding steroid dienone is 2. The number of carbonyl (C=O) groups is 1. The van der Waals surface area contributed by atoms with E-state index >= 15 is 0 Å². The van der Waals surface area contributed by atoms with Crippen LogP contribution in [0.3, 0.4) is 0 Å². The molecule has 0 atom stereocenters. The molecule has 0 fully saturated rings. The van der Waals surface area contributed by atoms with Crippen LogP contribution in [0, 0.1) is 16.9 Å². The van der Waals surface area contributed by atoms with Crippen molar-refractivity contribution in [3.8, 4) is 11.3 Å². The van der Waals surface area contributed by atoms with Gasteiger partial charge in [0.25, 0.3) is 0 Å². The molecule has 6 aromatic rings. The minimum Gasteiger partial charge on any atom is -0.512 e. The molecule has 6 heteroatoms. The summed E-state index contributed by atoms with van der Waals surface area (Å²) in [5.41, 5.74) is 3.97. The molecule has 1 radical (unpaired) electrons. The van der Waals surface area contributed by atoms with Gasteiger partial charge in [-0.1, -0.05) is 121 Å². The van der Waals surface area contributed by atoms with Gasteiger partial charge in [-0.2, -0.15) is 0 Å².